The number of halogens is 4. The molecule has 1 fully saturated rings. The number of nitrogens with two attached hydrogens (primary N) is 1. The Hall–Kier alpha value is -1.76. The van der Waals surface area contributed by atoms with E-state index in [9.17, 15) is 13.2 Å². The fourth-order valence-corrected chi connectivity index (χ4v) is 2.96. The number of anilines is 2. The lowest BCUT2D eigenvalue weighted by molar-refractivity contribution is -0.137. The number of nitrogen functional groups attached to an aromatic ring is 1. The highest BCUT2D eigenvalue weighted by Crippen LogP contribution is 2.40. The molecular formula is C14H14ClF3N4. The van der Waals surface area contributed by atoms with Gasteiger partial charge in [0, 0.05) is 18.5 Å². The van der Waals surface area contributed by atoms with Crippen molar-refractivity contribution in [2.75, 3.05) is 23.7 Å². The molecule has 0 atom stereocenters. The van der Waals surface area contributed by atoms with Gasteiger partial charge in [-0.05, 0) is 43.0 Å². The third-order valence-corrected chi connectivity index (χ3v) is 3.99. The minimum Gasteiger partial charge on any atom is -0.383 e. The van der Waals surface area contributed by atoms with E-state index < -0.39 is 11.7 Å². The van der Waals surface area contributed by atoms with Crippen molar-refractivity contribution in [3.63, 3.8) is 0 Å². The van der Waals surface area contributed by atoms with Crippen LogP contribution in [0.25, 0.3) is 10.9 Å². The Labute approximate surface area is 130 Å². The SMILES string of the molecule is Nc1nc(Cl)nc2cc(N3CCCCC3)c(C(F)(F)F)cc12. The van der Waals surface area contributed by atoms with Crippen LogP contribution in [0.1, 0.15) is 24.8 Å². The first-order valence-corrected chi connectivity index (χ1v) is 7.33. The highest BCUT2D eigenvalue weighted by atomic mass is 35.5. The minimum atomic E-state index is -4.47. The van der Waals surface area contributed by atoms with Gasteiger partial charge in [-0.15, -0.1) is 0 Å². The van der Waals surface area contributed by atoms with Gasteiger partial charge in [0.1, 0.15) is 5.82 Å². The van der Waals surface area contributed by atoms with Crippen molar-refractivity contribution in [3.8, 4) is 0 Å². The van der Waals surface area contributed by atoms with E-state index in [-0.39, 0.29) is 22.2 Å². The van der Waals surface area contributed by atoms with Crippen LogP contribution in [0.4, 0.5) is 24.7 Å². The van der Waals surface area contributed by atoms with E-state index >= 15 is 0 Å². The van der Waals surface area contributed by atoms with Crippen LogP contribution < -0.4 is 10.6 Å². The third-order valence-electron chi connectivity index (χ3n) is 3.82. The van der Waals surface area contributed by atoms with Crippen molar-refractivity contribution in [1.29, 1.82) is 0 Å². The van der Waals surface area contributed by atoms with Gasteiger partial charge in [-0.1, -0.05) is 0 Å². The number of piperidine rings is 1. The molecule has 0 spiro atoms. The summed E-state index contributed by atoms with van der Waals surface area (Å²) >= 11 is 5.75. The summed E-state index contributed by atoms with van der Waals surface area (Å²) in [5.41, 5.74) is 5.43. The molecule has 4 nitrogen and oxygen atoms in total. The van der Waals surface area contributed by atoms with Crippen LogP contribution >= 0.6 is 11.6 Å². The van der Waals surface area contributed by atoms with Crippen molar-refractivity contribution in [1.82, 2.24) is 9.97 Å². The van der Waals surface area contributed by atoms with E-state index in [1.807, 2.05) is 0 Å². The summed E-state index contributed by atoms with van der Waals surface area (Å²) in [5, 5.41) is 0.0897. The molecule has 1 aromatic carbocycles. The van der Waals surface area contributed by atoms with Gasteiger partial charge in [-0.25, -0.2) is 9.97 Å². The Morgan fingerprint density at radius 2 is 1.77 bits per heavy atom. The van der Waals surface area contributed by atoms with E-state index in [1.165, 1.54) is 6.07 Å². The molecule has 0 amide bonds. The van der Waals surface area contributed by atoms with Crippen LogP contribution in [0.5, 0.6) is 0 Å². The Kier molecular flexibility index (Phi) is 3.76. The lowest BCUT2D eigenvalue weighted by Crippen LogP contribution is -2.31. The molecule has 22 heavy (non-hydrogen) atoms. The largest absolute Gasteiger partial charge is 0.418 e. The molecule has 0 bridgehead atoms. The van der Waals surface area contributed by atoms with Gasteiger partial charge in [0.15, 0.2) is 0 Å². The average Bonchev–Trinajstić information content (AvgIpc) is 2.45. The first-order chi connectivity index (χ1) is 10.4. The molecule has 118 valence electrons. The molecular weight excluding hydrogens is 317 g/mol. The monoisotopic (exact) mass is 330 g/mol. The lowest BCUT2D eigenvalue weighted by Gasteiger charge is -2.31. The summed E-state index contributed by atoms with van der Waals surface area (Å²) in [6.45, 7) is 1.20. The predicted octanol–water partition coefficient (Wildman–Crippen LogP) is 3.87. The maximum absolute atomic E-state index is 13.4. The number of alkyl halides is 3. The fraction of sp³-hybridized carbons (Fsp3) is 0.429. The quantitative estimate of drug-likeness (QED) is 0.806. The highest BCUT2D eigenvalue weighted by Gasteiger charge is 2.36. The highest BCUT2D eigenvalue weighted by molar-refractivity contribution is 6.28. The molecule has 0 radical (unpaired) electrons. The van der Waals surface area contributed by atoms with Gasteiger partial charge in [0.2, 0.25) is 5.28 Å². The summed E-state index contributed by atoms with van der Waals surface area (Å²) in [7, 11) is 0. The molecule has 2 N–H and O–H groups in total. The smallest absolute Gasteiger partial charge is 0.383 e. The molecule has 2 aromatic rings. The molecule has 1 aliphatic rings. The van der Waals surface area contributed by atoms with Crippen LogP contribution in [0.3, 0.4) is 0 Å². The standard InChI is InChI=1S/C14H14ClF3N4/c15-13-20-10-7-11(22-4-2-1-3-5-22)9(14(16,17)18)6-8(10)12(19)21-13/h6-7H,1-5H2,(H2,19,20,21). The maximum Gasteiger partial charge on any atom is 0.418 e. The fourth-order valence-electron chi connectivity index (χ4n) is 2.78. The van der Waals surface area contributed by atoms with E-state index in [2.05, 4.69) is 9.97 Å². The van der Waals surface area contributed by atoms with Crippen LogP contribution in [-0.2, 0) is 6.18 Å². The normalized spacial score (nSPS) is 16.3. The number of hydrogen-bond donors (Lipinski definition) is 1. The van der Waals surface area contributed by atoms with Crippen molar-refractivity contribution in [2.45, 2.75) is 25.4 Å². The van der Waals surface area contributed by atoms with Crippen LogP contribution in [0.15, 0.2) is 12.1 Å². The van der Waals surface area contributed by atoms with Gasteiger partial charge in [-0.3, -0.25) is 0 Å². The van der Waals surface area contributed by atoms with Crippen molar-refractivity contribution < 1.29 is 13.2 Å². The van der Waals surface area contributed by atoms with Crippen LogP contribution in [0, 0.1) is 0 Å². The zero-order valence-electron chi connectivity index (χ0n) is 11.6. The Bertz CT molecular complexity index is 711. The zero-order valence-corrected chi connectivity index (χ0v) is 12.4. The molecule has 2 heterocycles. The summed E-state index contributed by atoms with van der Waals surface area (Å²) in [6.07, 6.45) is -1.68. The second-order valence-electron chi connectivity index (χ2n) is 5.31. The zero-order chi connectivity index (χ0) is 15.9. The minimum absolute atomic E-state index is 0.0503. The number of fused-ring (bicyclic) bond motifs is 1. The lowest BCUT2D eigenvalue weighted by atomic mass is 10.0. The summed E-state index contributed by atoms with van der Waals surface area (Å²) in [6, 6.07) is 2.43. The van der Waals surface area contributed by atoms with Gasteiger partial charge in [0.25, 0.3) is 0 Å². The molecule has 0 saturated carbocycles. The molecule has 1 aromatic heterocycles. The van der Waals surface area contributed by atoms with E-state index in [0.717, 1.165) is 25.3 Å². The summed E-state index contributed by atoms with van der Waals surface area (Å²) in [4.78, 5) is 9.46. The molecule has 8 heteroatoms. The number of rotatable bonds is 1. The molecule has 1 saturated heterocycles. The second kappa shape index (κ2) is 5.46. The third kappa shape index (κ3) is 2.77. The van der Waals surface area contributed by atoms with Crippen molar-refractivity contribution >= 4 is 34.0 Å². The van der Waals surface area contributed by atoms with Gasteiger partial charge < -0.3 is 10.6 Å². The number of aromatic nitrogens is 2. The van der Waals surface area contributed by atoms with Crippen LogP contribution in [-0.4, -0.2) is 23.1 Å². The van der Waals surface area contributed by atoms with Gasteiger partial charge in [-0.2, -0.15) is 13.2 Å². The summed E-state index contributed by atoms with van der Waals surface area (Å²) < 4.78 is 40.2. The Morgan fingerprint density at radius 3 is 2.41 bits per heavy atom. The first-order valence-electron chi connectivity index (χ1n) is 6.95. The van der Waals surface area contributed by atoms with Gasteiger partial charge in [0.05, 0.1) is 16.8 Å². The predicted molar refractivity (Wildman–Crippen MR) is 80.0 cm³/mol. The number of hydrogen-bond acceptors (Lipinski definition) is 4. The van der Waals surface area contributed by atoms with Crippen LogP contribution in [0.2, 0.25) is 5.28 Å². The summed E-state index contributed by atoms with van der Waals surface area (Å²) in [5.74, 6) is -0.0503. The molecule has 3 rings (SSSR count). The number of nitrogens with zero attached hydrogens (tertiary/aromatic N) is 3. The molecule has 1 aliphatic heterocycles. The van der Waals surface area contributed by atoms with E-state index in [4.69, 9.17) is 17.3 Å². The first kappa shape index (κ1) is 15.1. The number of benzene rings is 1. The molecule has 0 unspecified atom stereocenters. The van der Waals surface area contributed by atoms with Crippen molar-refractivity contribution in [2.24, 2.45) is 0 Å². The van der Waals surface area contributed by atoms with E-state index in [1.54, 1.807) is 4.90 Å². The average molecular weight is 331 g/mol. The van der Waals surface area contributed by atoms with Crippen molar-refractivity contribution in [3.05, 3.63) is 23.0 Å². The Balaban J connectivity index is 2.23. The Morgan fingerprint density at radius 1 is 1.09 bits per heavy atom. The van der Waals surface area contributed by atoms with E-state index in [0.29, 0.717) is 18.6 Å². The maximum atomic E-state index is 13.4. The van der Waals surface area contributed by atoms with Gasteiger partial charge >= 0.3 is 6.18 Å². The molecule has 0 aliphatic carbocycles. The second-order valence-corrected chi connectivity index (χ2v) is 5.65. The topological polar surface area (TPSA) is 55.0 Å².